The van der Waals surface area contributed by atoms with E-state index >= 15 is 0 Å². The minimum Gasteiger partial charge on any atom is -0.355 e. The van der Waals surface area contributed by atoms with Crippen molar-refractivity contribution in [3.8, 4) is 11.3 Å². The topological polar surface area (TPSA) is 84.2 Å². The second-order valence-corrected chi connectivity index (χ2v) is 6.42. The van der Waals surface area contributed by atoms with Crippen molar-refractivity contribution in [3.63, 3.8) is 0 Å². The maximum atomic E-state index is 12.6. The lowest BCUT2D eigenvalue weighted by atomic mass is 10.1. The van der Waals surface area contributed by atoms with Crippen LogP contribution in [0.3, 0.4) is 0 Å². The molecule has 1 atom stereocenters. The summed E-state index contributed by atoms with van der Waals surface area (Å²) in [5.41, 5.74) is 2.07. The van der Waals surface area contributed by atoms with Crippen LogP contribution in [0.4, 0.5) is 0 Å². The molecule has 0 aliphatic carbocycles. The Kier molecular flexibility index (Phi) is 4.39. The molecular formula is C20H19N3O3. The van der Waals surface area contributed by atoms with E-state index in [2.05, 4.69) is 15.8 Å². The molecule has 0 spiro atoms. The van der Waals surface area contributed by atoms with E-state index in [1.165, 1.54) is 0 Å². The summed E-state index contributed by atoms with van der Waals surface area (Å²) < 4.78 is 5.47. The molecule has 2 aromatic carbocycles. The molecule has 0 unspecified atom stereocenters. The first kappa shape index (κ1) is 16.3. The monoisotopic (exact) mass is 349 g/mol. The predicted octanol–water partition coefficient (Wildman–Crippen LogP) is 2.89. The normalized spacial score (nSPS) is 17.5. The zero-order valence-electron chi connectivity index (χ0n) is 14.2. The Morgan fingerprint density at radius 1 is 1.15 bits per heavy atom. The SMILES string of the molecule is O=C(N[C@@H]1CCCCNC1=O)c1ccc2noc(-c3ccccc3)c2c1. The van der Waals surface area contributed by atoms with Crippen molar-refractivity contribution in [1.29, 1.82) is 0 Å². The summed E-state index contributed by atoms with van der Waals surface area (Å²) >= 11 is 0. The quantitative estimate of drug-likeness (QED) is 0.761. The highest BCUT2D eigenvalue weighted by Crippen LogP contribution is 2.29. The summed E-state index contributed by atoms with van der Waals surface area (Å²) in [6.45, 7) is 0.665. The molecule has 1 fully saturated rings. The first-order valence-corrected chi connectivity index (χ1v) is 8.76. The van der Waals surface area contributed by atoms with E-state index in [9.17, 15) is 9.59 Å². The molecule has 3 aromatic rings. The number of rotatable bonds is 3. The molecular weight excluding hydrogens is 330 g/mol. The van der Waals surface area contributed by atoms with E-state index < -0.39 is 6.04 Å². The Morgan fingerprint density at radius 2 is 2.00 bits per heavy atom. The van der Waals surface area contributed by atoms with E-state index in [1.807, 2.05) is 30.3 Å². The maximum Gasteiger partial charge on any atom is 0.251 e. The van der Waals surface area contributed by atoms with E-state index in [-0.39, 0.29) is 11.8 Å². The van der Waals surface area contributed by atoms with Crippen LogP contribution in [0, 0.1) is 0 Å². The van der Waals surface area contributed by atoms with Gasteiger partial charge in [0.2, 0.25) is 5.91 Å². The maximum absolute atomic E-state index is 12.6. The number of amides is 2. The average molecular weight is 349 g/mol. The van der Waals surface area contributed by atoms with Gasteiger partial charge in [-0.2, -0.15) is 0 Å². The number of benzene rings is 2. The first-order chi connectivity index (χ1) is 12.7. The number of fused-ring (bicyclic) bond motifs is 1. The lowest BCUT2D eigenvalue weighted by molar-refractivity contribution is -0.122. The Labute approximate surface area is 150 Å². The van der Waals surface area contributed by atoms with Crippen LogP contribution in [0.5, 0.6) is 0 Å². The summed E-state index contributed by atoms with van der Waals surface area (Å²) in [5.74, 6) is 0.239. The molecule has 0 radical (unpaired) electrons. The summed E-state index contributed by atoms with van der Waals surface area (Å²) in [4.78, 5) is 24.7. The van der Waals surface area contributed by atoms with E-state index in [0.29, 0.717) is 29.8 Å². The third-order valence-corrected chi connectivity index (χ3v) is 4.62. The molecule has 1 aliphatic rings. The van der Waals surface area contributed by atoms with Gasteiger partial charge in [0.1, 0.15) is 11.6 Å². The van der Waals surface area contributed by atoms with Crippen LogP contribution in [0.15, 0.2) is 53.1 Å². The van der Waals surface area contributed by atoms with Gasteiger partial charge in [0.15, 0.2) is 5.76 Å². The highest BCUT2D eigenvalue weighted by Gasteiger charge is 2.23. The molecule has 1 saturated heterocycles. The van der Waals surface area contributed by atoms with Crippen molar-refractivity contribution in [2.75, 3.05) is 6.54 Å². The summed E-state index contributed by atoms with van der Waals surface area (Å²) in [5, 5.41) is 10.5. The second-order valence-electron chi connectivity index (χ2n) is 6.42. The van der Waals surface area contributed by atoms with Gasteiger partial charge in [-0.1, -0.05) is 35.5 Å². The van der Waals surface area contributed by atoms with E-state index in [0.717, 1.165) is 23.8 Å². The number of nitrogens with one attached hydrogen (secondary N) is 2. The molecule has 6 heteroatoms. The Hall–Kier alpha value is -3.15. The summed E-state index contributed by atoms with van der Waals surface area (Å²) in [6, 6.07) is 14.4. The first-order valence-electron chi connectivity index (χ1n) is 8.76. The van der Waals surface area contributed by atoms with Crippen LogP contribution in [0.1, 0.15) is 29.6 Å². The molecule has 2 amide bonds. The fourth-order valence-electron chi connectivity index (χ4n) is 3.20. The lowest BCUT2D eigenvalue weighted by Gasteiger charge is -2.15. The number of hydrogen-bond acceptors (Lipinski definition) is 4. The Balaban J connectivity index is 1.62. The highest BCUT2D eigenvalue weighted by molar-refractivity contribution is 6.02. The predicted molar refractivity (Wildman–Crippen MR) is 97.6 cm³/mol. The van der Waals surface area contributed by atoms with E-state index in [1.54, 1.807) is 18.2 Å². The molecule has 0 bridgehead atoms. The van der Waals surface area contributed by atoms with Gasteiger partial charge >= 0.3 is 0 Å². The van der Waals surface area contributed by atoms with Crippen molar-refractivity contribution >= 4 is 22.7 Å². The molecule has 0 saturated carbocycles. The molecule has 4 rings (SSSR count). The number of hydrogen-bond donors (Lipinski definition) is 2. The van der Waals surface area contributed by atoms with Gasteiger partial charge in [0.25, 0.3) is 5.91 Å². The van der Waals surface area contributed by atoms with Crippen LogP contribution >= 0.6 is 0 Å². The van der Waals surface area contributed by atoms with Crippen LogP contribution in [0.25, 0.3) is 22.2 Å². The van der Waals surface area contributed by atoms with Gasteiger partial charge in [0.05, 0.1) is 5.39 Å². The largest absolute Gasteiger partial charge is 0.355 e. The Bertz CT molecular complexity index is 949. The van der Waals surface area contributed by atoms with Crippen LogP contribution in [-0.4, -0.2) is 29.6 Å². The summed E-state index contributed by atoms with van der Waals surface area (Å²) in [7, 11) is 0. The number of carbonyl (C=O) groups is 2. The average Bonchev–Trinajstić information content (AvgIpc) is 3.00. The fraction of sp³-hybridized carbons (Fsp3) is 0.250. The molecule has 2 N–H and O–H groups in total. The summed E-state index contributed by atoms with van der Waals surface area (Å²) in [6.07, 6.45) is 2.50. The van der Waals surface area contributed by atoms with Crippen LogP contribution < -0.4 is 10.6 Å². The van der Waals surface area contributed by atoms with Gasteiger partial charge < -0.3 is 15.2 Å². The highest BCUT2D eigenvalue weighted by atomic mass is 16.5. The molecule has 1 aromatic heterocycles. The smallest absolute Gasteiger partial charge is 0.251 e. The number of carbonyl (C=O) groups excluding carboxylic acids is 2. The Morgan fingerprint density at radius 3 is 2.85 bits per heavy atom. The van der Waals surface area contributed by atoms with Crippen molar-refractivity contribution in [2.24, 2.45) is 0 Å². The van der Waals surface area contributed by atoms with Gasteiger partial charge in [-0.25, -0.2) is 0 Å². The van der Waals surface area contributed by atoms with Gasteiger partial charge in [-0.05, 0) is 37.5 Å². The van der Waals surface area contributed by atoms with Crippen molar-refractivity contribution in [2.45, 2.75) is 25.3 Å². The standard InChI is InChI=1S/C20H19N3O3/c24-19(22-17-8-4-5-11-21-20(17)25)14-9-10-16-15(12-14)18(26-23-16)13-6-2-1-3-7-13/h1-3,6-7,9-10,12,17H,4-5,8,11H2,(H,21,25)(H,22,24)/t17-/m1/s1. The van der Waals surface area contributed by atoms with Gasteiger partial charge in [0, 0.05) is 17.7 Å². The molecule has 2 heterocycles. The minimum absolute atomic E-state index is 0.119. The number of aromatic nitrogens is 1. The van der Waals surface area contributed by atoms with Crippen molar-refractivity contribution in [1.82, 2.24) is 15.8 Å². The zero-order chi connectivity index (χ0) is 17.9. The third kappa shape index (κ3) is 3.18. The zero-order valence-corrected chi connectivity index (χ0v) is 14.2. The third-order valence-electron chi connectivity index (χ3n) is 4.62. The van der Waals surface area contributed by atoms with Gasteiger partial charge in [-0.15, -0.1) is 0 Å². The van der Waals surface area contributed by atoms with Crippen molar-refractivity contribution in [3.05, 3.63) is 54.1 Å². The second kappa shape index (κ2) is 7.00. The minimum atomic E-state index is -0.489. The fourth-order valence-corrected chi connectivity index (χ4v) is 3.20. The van der Waals surface area contributed by atoms with Crippen molar-refractivity contribution < 1.29 is 14.1 Å². The molecule has 132 valence electrons. The molecule has 1 aliphatic heterocycles. The van der Waals surface area contributed by atoms with Crippen LogP contribution in [0.2, 0.25) is 0 Å². The number of nitrogens with zero attached hydrogens (tertiary/aromatic N) is 1. The molecule has 26 heavy (non-hydrogen) atoms. The lowest BCUT2D eigenvalue weighted by Crippen LogP contribution is -2.45. The van der Waals surface area contributed by atoms with E-state index in [4.69, 9.17) is 4.52 Å². The van der Waals surface area contributed by atoms with Gasteiger partial charge in [-0.3, -0.25) is 9.59 Å². The molecule has 6 nitrogen and oxygen atoms in total. The van der Waals surface area contributed by atoms with Crippen LogP contribution in [-0.2, 0) is 4.79 Å².